The zero-order chi connectivity index (χ0) is 12.6. The average molecular weight is 245 g/mol. The largest absolute Gasteiger partial charge is 0.384 e. The third kappa shape index (κ3) is 1.73. The van der Waals surface area contributed by atoms with Gasteiger partial charge in [-0.05, 0) is 48.7 Å². The maximum Gasteiger partial charge on any atom is 0.122 e. The molecule has 2 rings (SSSR count). The molecule has 88 valence electrons. The van der Waals surface area contributed by atoms with Crippen molar-refractivity contribution >= 4 is 17.2 Å². The van der Waals surface area contributed by atoms with Crippen molar-refractivity contribution in [2.24, 2.45) is 0 Å². The predicted octanol–water partition coefficient (Wildman–Crippen LogP) is 3.23. The summed E-state index contributed by atoms with van der Waals surface area (Å²) < 4.78 is 2.04. The van der Waals surface area contributed by atoms with E-state index in [1.807, 2.05) is 18.4 Å². The van der Waals surface area contributed by atoms with E-state index in [-0.39, 0.29) is 6.04 Å². The number of aromatic nitrogens is 1. The normalized spacial score (nSPS) is 12.4. The molecule has 0 aliphatic heterocycles. The fraction of sp³-hybridized carbons (Fsp3) is 0.308. The molecular formula is C13H15N3S. The van der Waals surface area contributed by atoms with E-state index in [4.69, 9.17) is 11.0 Å². The molecule has 0 spiro atoms. The first-order valence-electron chi connectivity index (χ1n) is 5.47. The molecule has 2 heterocycles. The van der Waals surface area contributed by atoms with Crippen LogP contribution in [0.4, 0.5) is 5.82 Å². The molecule has 0 aromatic carbocycles. The Morgan fingerprint density at radius 2 is 2.18 bits per heavy atom. The van der Waals surface area contributed by atoms with Gasteiger partial charge in [-0.3, -0.25) is 0 Å². The highest BCUT2D eigenvalue weighted by Crippen LogP contribution is 2.31. The third-order valence-corrected chi connectivity index (χ3v) is 4.02. The molecule has 17 heavy (non-hydrogen) atoms. The zero-order valence-electron chi connectivity index (χ0n) is 10.2. The van der Waals surface area contributed by atoms with Crippen molar-refractivity contribution in [1.82, 2.24) is 4.57 Å². The molecule has 2 aromatic heterocycles. The topological polar surface area (TPSA) is 54.7 Å². The summed E-state index contributed by atoms with van der Waals surface area (Å²) in [4.78, 5) is 0. The first-order valence-corrected chi connectivity index (χ1v) is 6.41. The summed E-state index contributed by atoms with van der Waals surface area (Å²) in [6.45, 7) is 6.06. The van der Waals surface area contributed by atoms with Crippen LogP contribution in [0.1, 0.15) is 35.3 Å². The fourth-order valence-electron chi connectivity index (χ4n) is 2.16. The van der Waals surface area contributed by atoms with E-state index in [0.717, 1.165) is 11.3 Å². The summed E-state index contributed by atoms with van der Waals surface area (Å²) in [5.41, 5.74) is 9.94. The number of hydrogen-bond donors (Lipinski definition) is 1. The second-order valence-electron chi connectivity index (χ2n) is 4.19. The van der Waals surface area contributed by atoms with E-state index < -0.39 is 0 Å². The van der Waals surface area contributed by atoms with E-state index in [1.165, 1.54) is 5.56 Å². The van der Waals surface area contributed by atoms with Crippen molar-refractivity contribution in [1.29, 1.82) is 5.26 Å². The van der Waals surface area contributed by atoms with E-state index in [9.17, 15) is 0 Å². The van der Waals surface area contributed by atoms with Gasteiger partial charge in [0.2, 0.25) is 0 Å². The van der Waals surface area contributed by atoms with Crippen LogP contribution in [0.25, 0.3) is 0 Å². The average Bonchev–Trinajstić information content (AvgIpc) is 2.88. The Kier molecular flexibility index (Phi) is 2.95. The summed E-state index contributed by atoms with van der Waals surface area (Å²) in [5.74, 6) is 0.571. The lowest BCUT2D eigenvalue weighted by Gasteiger charge is -2.17. The van der Waals surface area contributed by atoms with Gasteiger partial charge in [-0.15, -0.1) is 0 Å². The quantitative estimate of drug-likeness (QED) is 0.883. The molecule has 0 saturated carbocycles. The van der Waals surface area contributed by atoms with Gasteiger partial charge in [0.05, 0.1) is 11.6 Å². The summed E-state index contributed by atoms with van der Waals surface area (Å²) >= 11 is 1.67. The minimum atomic E-state index is 0.169. The second-order valence-corrected chi connectivity index (χ2v) is 4.97. The van der Waals surface area contributed by atoms with Gasteiger partial charge >= 0.3 is 0 Å². The summed E-state index contributed by atoms with van der Waals surface area (Å²) in [6, 6.07) is 4.44. The van der Waals surface area contributed by atoms with Gasteiger partial charge in [-0.25, -0.2) is 0 Å². The Morgan fingerprint density at radius 3 is 2.65 bits per heavy atom. The predicted molar refractivity (Wildman–Crippen MR) is 71.2 cm³/mol. The lowest BCUT2D eigenvalue weighted by atomic mass is 10.1. The number of hydrogen-bond acceptors (Lipinski definition) is 3. The monoisotopic (exact) mass is 245 g/mol. The molecule has 0 aliphatic rings. The lowest BCUT2D eigenvalue weighted by Crippen LogP contribution is -2.11. The van der Waals surface area contributed by atoms with Gasteiger partial charge in [-0.1, -0.05) is 0 Å². The van der Waals surface area contributed by atoms with E-state index >= 15 is 0 Å². The highest BCUT2D eigenvalue weighted by atomic mass is 32.1. The number of nitrogen functional groups attached to an aromatic ring is 1. The van der Waals surface area contributed by atoms with E-state index in [2.05, 4.69) is 29.8 Å². The number of rotatable bonds is 2. The molecule has 0 saturated heterocycles. The molecule has 2 aromatic rings. The van der Waals surface area contributed by atoms with Gasteiger partial charge in [0.25, 0.3) is 0 Å². The summed E-state index contributed by atoms with van der Waals surface area (Å²) in [5, 5.41) is 13.3. The Balaban J connectivity index is 2.58. The van der Waals surface area contributed by atoms with Crippen molar-refractivity contribution < 1.29 is 0 Å². The van der Waals surface area contributed by atoms with Crippen molar-refractivity contribution in [2.45, 2.75) is 26.8 Å². The van der Waals surface area contributed by atoms with Gasteiger partial charge in [0.15, 0.2) is 0 Å². The molecular weight excluding hydrogens is 230 g/mol. The van der Waals surface area contributed by atoms with Crippen molar-refractivity contribution in [3.05, 3.63) is 39.2 Å². The first kappa shape index (κ1) is 11.7. The first-order chi connectivity index (χ1) is 8.07. The highest BCUT2D eigenvalue weighted by molar-refractivity contribution is 7.07. The molecule has 2 N–H and O–H groups in total. The molecule has 0 amide bonds. The molecule has 1 atom stereocenters. The van der Waals surface area contributed by atoms with Gasteiger partial charge in [0.1, 0.15) is 11.9 Å². The van der Waals surface area contributed by atoms with Gasteiger partial charge < -0.3 is 10.3 Å². The number of nitrogens with zero attached hydrogens (tertiary/aromatic N) is 2. The van der Waals surface area contributed by atoms with Crippen LogP contribution in [0.3, 0.4) is 0 Å². The smallest absolute Gasteiger partial charge is 0.122 e. The summed E-state index contributed by atoms with van der Waals surface area (Å²) in [6.07, 6.45) is 0. The van der Waals surface area contributed by atoms with Crippen molar-refractivity contribution in [3.63, 3.8) is 0 Å². The molecule has 1 unspecified atom stereocenters. The van der Waals surface area contributed by atoms with Crippen molar-refractivity contribution in [3.8, 4) is 6.07 Å². The number of nitrogens with two attached hydrogens (primary N) is 1. The van der Waals surface area contributed by atoms with Crippen LogP contribution in [0.15, 0.2) is 16.8 Å². The van der Waals surface area contributed by atoms with Gasteiger partial charge in [-0.2, -0.15) is 16.6 Å². The Labute approximate surface area is 105 Å². The van der Waals surface area contributed by atoms with Gasteiger partial charge in [0, 0.05) is 5.69 Å². The third-order valence-electron chi connectivity index (χ3n) is 3.32. The Hall–Kier alpha value is -1.73. The van der Waals surface area contributed by atoms with Crippen LogP contribution in [0, 0.1) is 25.2 Å². The minimum absolute atomic E-state index is 0.169. The summed E-state index contributed by atoms with van der Waals surface area (Å²) in [7, 11) is 0. The molecule has 0 radical (unpaired) electrons. The standard InChI is InChI=1S/C13H15N3S/c1-8-9(2)16(13(15)12(8)6-14)10(3)11-4-5-17-7-11/h4-5,7,10H,15H2,1-3H3. The second kappa shape index (κ2) is 4.27. The van der Waals surface area contributed by atoms with Crippen LogP contribution >= 0.6 is 11.3 Å². The molecule has 4 heteroatoms. The van der Waals surface area contributed by atoms with Crippen LogP contribution in [-0.4, -0.2) is 4.57 Å². The fourth-order valence-corrected chi connectivity index (χ4v) is 2.90. The highest BCUT2D eigenvalue weighted by Gasteiger charge is 2.19. The van der Waals surface area contributed by atoms with Crippen LogP contribution in [0.5, 0.6) is 0 Å². The van der Waals surface area contributed by atoms with E-state index in [0.29, 0.717) is 11.4 Å². The Morgan fingerprint density at radius 1 is 1.47 bits per heavy atom. The van der Waals surface area contributed by atoms with Crippen LogP contribution < -0.4 is 5.73 Å². The number of anilines is 1. The lowest BCUT2D eigenvalue weighted by molar-refractivity contribution is 0.635. The number of thiophene rings is 1. The minimum Gasteiger partial charge on any atom is -0.384 e. The maximum atomic E-state index is 9.11. The molecule has 0 aliphatic carbocycles. The van der Waals surface area contributed by atoms with E-state index in [1.54, 1.807) is 11.3 Å². The van der Waals surface area contributed by atoms with Crippen LogP contribution in [-0.2, 0) is 0 Å². The number of nitriles is 1. The Bertz CT molecular complexity index is 573. The maximum absolute atomic E-state index is 9.11. The zero-order valence-corrected chi connectivity index (χ0v) is 11.0. The SMILES string of the molecule is Cc1c(C#N)c(N)n(C(C)c2ccsc2)c1C. The molecule has 3 nitrogen and oxygen atoms in total. The van der Waals surface area contributed by atoms with Crippen molar-refractivity contribution in [2.75, 3.05) is 5.73 Å². The molecule has 0 fully saturated rings. The van der Waals surface area contributed by atoms with Crippen LogP contribution in [0.2, 0.25) is 0 Å². The molecule has 0 bridgehead atoms.